The number of urea groups is 1. The highest BCUT2D eigenvalue weighted by Crippen LogP contribution is 2.38. The molecule has 0 N–H and O–H groups in total. The van der Waals surface area contributed by atoms with Crippen LogP contribution in [0.2, 0.25) is 0 Å². The quantitative estimate of drug-likeness (QED) is 0.403. The Morgan fingerprint density at radius 2 is 1.88 bits per heavy atom. The van der Waals surface area contributed by atoms with E-state index in [2.05, 4.69) is 9.97 Å². The lowest BCUT2D eigenvalue weighted by Crippen LogP contribution is -2.45. The number of halogens is 2. The third-order valence-electron chi connectivity index (χ3n) is 5.50. The molecule has 34 heavy (non-hydrogen) atoms. The topological polar surface area (TPSA) is 72.7 Å². The van der Waals surface area contributed by atoms with Gasteiger partial charge in [-0.05, 0) is 42.5 Å². The largest absolute Gasteiger partial charge is 0.497 e. The molecular weight excluding hydrogens is 444 g/mol. The van der Waals surface area contributed by atoms with Crippen LogP contribution in [0.1, 0.15) is 9.81 Å². The molecule has 1 aliphatic rings. The van der Waals surface area contributed by atoms with Crippen molar-refractivity contribution in [2.75, 3.05) is 23.4 Å². The van der Waals surface area contributed by atoms with Crippen LogP contribution in [0.5, 0.6) is 11.5 Å². The Bertz CT molecular complexity index is 1460. The summed E-state index contributed by atoms with van der Waals surface area (Å²) in [6, 6.07) is 12.4. The number of rotatable bonds is 6. The van der Waals surface area contributed by atoms with Gasteiger partial charge in [0, 0.05) is 18.8 Å². The number of ether oxygens (including phenoxy) is 2. The number of carbonyl (C=O) groups excluding carboxylic acids is 1. The van der Waals surface area contributed by atoms with Crippen molar-refractivity contribution in [3.05, 3.63) is 66.7 Å². The number of hydrogen-bond donors (Lipinski definition) is 0. The summed E-state index contributed by atoms with van der Waals surface area (Å²) >= 11 is 0. The average Bonchev–Trinajstić information content (AvgIpc) is 3.22. The van der Waals surface area contributed by atoms with Crippen LogP contribution < -0.4 is 19.3 Å². The SMILES string of the molecule is [2H]C([2H])([2H])Oc1ccc(N2C(=O)N(c3ccc4ncn(C)c4c3)Cc3ncc(OCC(F)F)cc32)cc1. The zero-order chi connectivity index (χ0) is 26.3. The van der Waals surface area contributed by atoms with E-state index in [1.54, 1.807) is 12.4 Å². The molecule has 0 fully saturated rings. The van der Waals surface area contributed by atoms with Gasteiger partial charge in [-0.2, -0.15) is 0 Å². The number of benzene rings is 2. The van der Waals surface area contributed by atoms with E-state index in [9.17, 15) is 13.6 Å². The summed E-state index contributed by atoms with van der Waals surface area (Å²) < 4.78 is 59.1. The van der Waals surface area contributed by atoms with Crippen LogP contribution in [0.3, 0.4) is 0 Å². The Balaban J connectivity index is 1.56. The molecule has 174 valence electrons. The minimum atomic E-state index is -2.67. The average molecular weight is 468 g/mol. The molecule has 0 saturated heterocycles. The zero-order valence-corrected chi connectivity index (χ0v) is 18.0. The first kappa shape index (κ1) is 18.2. The summed E-state index contributed by atoms with van der Waals surface area (Å²) in [6.07, 6.45) is 0.349. The predicted molar refractivity (Wildman–Crippen MR) is 123 cm³/mol. The van der Waals surface area contributed by atoms with Gasteiger partial charge in [-0.1, -0.05) is 0 Å². The summed E-state index contributed by atoms with van der Waals surface area (Å²) in [6.45, 7) is -0.685. The second kappa shape index (κ2) is 8.62. The molecule has 5 rings (SSSR count). The van der Waals surface area contributed by atoms with E-state index in [0.717, 1.165) is 11.0 Å². The van der Waals surface area contributed by atoms with E-state index in [1.807, 2.05) is 23.7 Å². The van der Waals surface area contributed by atoms with Crippen molar-refractivity contribution >= 4 is 34.1 Å². The first-order chi connectivity index (χ1) is 17.6. The molecule has 3 heterocycles. The maximum Gasteiger partial charge on any atom is 0.334 e. The number of methoxy groups -OCH3 is 1. The molecule has 2 aromatic carbocycles. The van der Waals surface area contributed by atoms with E-state index >= 15 is 0 Å². The molecule has 0 bridgehead atoms. The number of alkyl halides is 2. The standard InChI is InChI=1S/C24H21F2N5O3/c1-29-14-28-19-8-5-16(9-21(19)29)30-12-20-22(10-18(11-27-20)34-13-23(25)26)31(24(30)32)15-3-6-17(33-2)7-4-15/h3-11,14,23H,12-13H2,1-2H3/i2D3. The third-order valence-corrected chi connectivity index (χ3v) is 5.50. The second-order valence-corrected chi connectivity index (χ2v) is 7.67. The molecule has 2 aromatic heterocycles. The fraction of sp³-hybridized carbons (Fsp3) is 0.208. The monoisotopic (exact) mass is 468 g/mol. The fourth-order valence-electron chi connectivity index (χ4n) is 3.85. The lowest BCUT2D eigenvalue weighted by Gasteiger charge is -2.36. The van der Waals surface area contributed by atoms with Crippen LogP contribution in [0.15, 0.2) is 61.1 Å². The van der Waals surface area contributed by atoms with Gasteiger partial charge in [-0.15, -0.1) is 0 Å². The molecule has 0 unspecified atom stereocenters. The van der Waals surface area contributed by atoms with Crippen molar-refractivity contribution in [1.29, 1.82) is 0 Å². The van der Waals surface area contributed by atoms with Gasteiger partial charge in [0.05, 0.1) is 58.3 Å². The molecule has 1 aliphatic heterocycles. The first-order valence-electron chi connectivity index (χ1n) is 11.8. The summed E-state index contributed by atoms with van der Waals surface area (Å²) in [7, 11) is -0.777. The minimum absolute atomic E-state index is 0.0870. The third kappa shape index (κ3) is 3.87. The Morgan fingerprint density at radius 3 is 2.65 bits per heavy atom. The molecule has 0 aliphatic carbocycles. The van der Waals surface area contributed by atoms with Gasteiger partial charge in [0.2, 0.25) is 0 Å². The van der Waals surface area contributed by atoms with Crippen molar-refractivity contribution in [3.8, 4) is 11.5 Å². The summed E-state index contributed by atoms with van der Waals surface area (Å²) in [4.78, 5) is 25.5. The van der Waals surface area contributed by atoms with Crippen LogP contribution >= 0.6 is 0 Å². The van der Waals surface area contributed by atoms with Crippen LogP contribution in [0.25, 0.3) is 11.0 Å². The highest BCUT2D eigenvalue weighted by Gasteiger charge is 2.34. The Morgan fingerprint density at radius 1 is 1.09 bits per heavy atom. The molecule has 0 atom stereocenters. The summed E-state index contributed by atoms with van der Waals surface area (Å²) in [5.74, 6) is 0.183. The van der Waals surface area contributed by atoms with Crippen LogP contribution in [-0.4, -0.2) is 40.6 Å². The molecule has 10 heteroatoms. The molecule has 2 amide bonds. The Kier molecular flexibility index (Phi) is 4.62. The molecule has 0 radical (unpaired) electrons. The molecular formula is C24H21F2N5O3. The van der Waals surface area contributed by atoms with Crippen LogP contribution in [0, 0.1) is 0 Å². The lowest BCUT2D eigenvalue weighted by atomic mass is 10.1. The minimum Gasteiger partial charge on any atom is -0.497 e. The van der Waals surface area contributed by atoms with E-state index in [1.165, 1.54) is 46.3 Å². The van der Waals surface area contributed by atoms with Gasteiger partial charge >= 0.3 is 6.03 Å². The number of nitrogens with zero attached hydrogens (tertiary/aromatic N) is 5. The van der Waals surface area contributed by atoms with E-state index in [4.69, 9.17) is 13.6 Å². The van der Waals surface area contributed by atoms with Gasteiger partial charge < -0.3 is 14.0 Å². The second-order valence-electron chi connectivity index (χ2n) is 7.67. The maximum atomic E-state index is 13.9. The summed E-state index contributed by atoms with van der Waals surface area (Å²) in [5.41, 5.74) is 3.48. The van der Waals surface area contributed by atoms with Gasteiger partial charge in [-0.25, -0.2) is 18.6 Å². The molecule has 0 saturated carbocycles. The number of pyridine rings is 1. The van der Waals surface area contributed by atoms with Gasteiger partial charge in [0.15, 0.2) is 0 Å². The highest BCUT2D eigenvalue weighted by atomic mass is 19.3. The molecule has 4 aromatic rings. The fourth-order valence-corrected chi connectivity index (χ4v) is 3.85. The predicted octanol–water partition coefficient (Wildman–Crippen LogP) is 4.90. The van der Waals surface area contributed by atoms with Gasteiger partial charge in [0.25, 0.3) is 6.43 Å². The number of amides is 2. The van der Waals surface area contributed by atoms with E-state index in [0.29, 0.717) is 22.8 Å². The van der Waals surface area contributed by atoms with Gasteiger partial charge in [0.1, 0.15) is 18.1 Å². The van der Waals surface area contributed by atoms with E-state index < -0.39 is 26.1 Å². The number of hydrogen-bond acceptors (Lipinski definition) is 5. The Hall–Kier alpha value is -4.21. The molecule has 8 nitrogen and oxygen atoms in total. The number of anilines is 3. The van der Waals surface area contributed by atoms with Crippen molar-refractivity contribution in [3.63, 3.8) is 0 Å². The highest BCUT2D eigenvalue weighted by molar-refractivity contribution is 6.11. The number of aryl methyl sites for hydroxylation is 1. The number of carbonyl (C=O) groups is 1. The van der Waals surface area contributed by atoms with Crippen molar-refractivity contribution in [1.82, 2.24) is 14.5 Å². The normalized spacial score (nSPS) is 15.2. The smallest absolute Gasteiger partial charge is 0.334 e. The summed E-state index contributed by atoms with van der Waals surface area (Å²) in [5, 5.41) is 0. The first-order valence-corrected chi connectivity index (χ1v) is 10.3. The van der Waals surface area contributed by atoms with Crippen molar-refractivity contribution in [2.45, 2.75) is 13.0 Å². The van der Waals surface area contributed by atoms with Gasteiger partial charge in [-0.3, -0.25) is 14.8 Å². The number of aromatic nitrogens is 3. The molecule has 0 spiro atoms. The maximum absolute atomic E-state index is 13.9. The van der Waals surface area contributed by atoms with Crippen LogP contribution in [0.4, 0.5) is 30.6 Å². The Labute approximate surface area is 198 Å². The van der Waals surface area contributed by atoms with Crippen molar-refractivity contribution in [2.24, 2.45) is 7.05 Å². The van der Waals surface area contributed by atoms with E-state index in [-0.39, 0.29) is 18.0 Å². The number of imidazole rings is 1. The van der Waals surface area contributed by atoms with Crippen LogP contribution in [-0.2, 0) is 13.6 Å². The van der Waals surface area contributed by atoms with Crippen molar-refractivity contribution < 1.29 is 27.2 Å². The zero-order valence-electron chi connectivity index (χ0n) is 21.0. The number of fused-ring (bicyclic) bond motifs is 2. The lowest BCUT2D eigenvalue weighted by molar-refractivity contribution is 0.0817.